The minimum atomic E-state index is 0.189. The number of hydrogen-bond acceptors (Lipinski definition) is 5. The molecule has 7 rings (SSSR count). The maximum Gasteiger partial charge on any atom is 0.136 e. The molecule has 0 amide bonds. The second kappa shape index (κ2) is 14.4. The lowest BCUT2D eigenvalue weighted by atomic mass is 9.50. The Labute approximate surface area is 306 Å². The second-order valence-corrected chi connectivity index (χ2v) is 21.1. The summed E-state index contributed by atoms with van der Waals surface area (Å²) in [5.74, 6) is 8.58. The first-order valence-corrected chi connectivity index (χ1v) is 21.6. The Bertz CT molecular complexity index is 1490. The zero-order valence-corrected chi connectivity index (χ0v) is 33.3. The van der Waals surface area contributed by atoms with Crippen molar-refractivity contribution in [1.29, 1.82) is 0 Å². The summed E-state index contributed by atoms with van der Waals surface area (Å²) in [7, 11) is 0. The van der Waals surface area contributed by atoms with Crippen molar-refractivity contribution in [3.05, 3.63) is 58.7 Å². The molecule has 1 heterocycles. The summed E-state index contributed by atoms with van der Waals surface area (Å²) in [5.41, 5.74) is 6.14. The summed E-state index contributed by atoms with van der Waals surface area (Å²) in [5, 5.41) is 19.8. The van der Waals surface area contributed by atoms with Crippen molar-refractivity contribution in [2.24, 2.45) is 46.3 Å². The summed E-state index contributed by atoms with van der Waals surface area (Å²) in [6.07, 6.45) is 11.7. The highest BCUT2D eigenvalue weighted by molar-refractivity contribution is 8.21. The topological polar surface area (TPSA) is 57.5 Å². The standard InChI is InChI=1S/C23H34OS2.C21H30O2/c1-15(2)5-8-20-16(3)23(25-11-12-26-23)14-21-19-7-6-18(24)13-17(19)9-10-22(20,21)4;1-13(2)5-8-18-14(3)20(23)12-19-17-7-6-16(22)11-15(17)9-10-21(18,19)4/h6-7,13,15-16,20-21,24H,5,8-12,14H2,1-4H3;6-7,11,13-14,18-19,22H,5,8-10,12H2,1-4H3/t16?,20-,21+,22-;14?,18-,19+,21-/m00/s1. The van der Waals surface area contributed by atoms with Gasteiger partial charge in [0.05, 0.1) is 4.08 Å². The maximum atomic E-state index is 12.7. The van der Waals surface area contributed by atoms with E-state index in [-0.39, 0.29) is 11.3 Å². The number of ketones is 1. The van der Waals surface area contributed by atoms with E-state index in [0.717, 1.165) is 43.4 Å². The van der Waals surface area contributed by atoms with Crippen LogP contribution in [0.4, 0.5) is 0 Å². The molecule has 5 heteroatoms. The van der Waals surface area contributed by atoms with Crippen LogP contribution in [0.1, 0.15) is 141 Å². The maximum absolute atomic E-state index is 12.7. The molecule has 1 saturated heterocycles. The molecule has 8 atom stereocenters. The lowest BCUT2D eigenvalue weighted by Crippen LogP contribution is -2.52. The number of hydrogen-bond donors (Lipinski definition) is 2. The van der Waals surface area contributed by atoms with E-state index in [4.69, 9.17) is 0 Å². The predicted octanol–water partition coefficient (Wildman–Crippen LogP) is 11.8. The van der Waals surface area contributed by atoms with Crippen LogP contribution in [0.15, 0.2) is 36.4 Å². The number of phenolic OH excluding ortho intramolecular Hbond substituents is 2. The Balaban J connectivity index is 0.000000171. The summed E-state index contributed by atoms with van der Waals surface area (Å²) in [6.45, 7) is 19.0. The number of carbonyl (C=O) groups excluding carboxylic acids is 1. The first-order valence-electron chi connectivity index (χ1n) is 19.6. The molecule has 3 nitrogen and oxygen atoms in total. The lowest BCUT2D eigenvalue weighted by molar-refractivity contribution is -0.133. The van der Waals surface area contributed by atoms with E-state index in [1.807, 2.05) is 18.2 Å². The van der Waals surface area contributed by atoms with Gasteiger partial charge in [-0.05, 0) is 144 Å². The Morgan fingerprint density at radius 1 is 0.755 bits per heavy atom. The third kappa shape index (κ3) is 6.99. The summed E-state index contributed by atoms with van der Waals surface area (Å²) < 4.78 is 0.415. The van der Waals surface area contributed by atoms with Gasteiger partial charge in [-0.1, -0.05) is 80.4 Å². The number of thioether (sulfide) groups is 2. The van der Waals surface area contributed by atoms with Gasteiger partial charge in [-0.15, -0.1) is 23.5 Å². The number of benzene rings is 2. The Hall–Kier alpha value is -1.59. The zero-order valence-electron chi connectivity index (χ0n) is 31.7. The predicted molar refractivity (Wildman–Crippen MR) is 210 cm³/mol. The van der Waals surface area contributed by atoms with E-state index in [9.17, 15) is 15.0 Å². The largest absolute Gasteiger partial charge is 0.508 e. The van der Waals surface area contributed by atoms with E-state index in [1.165, 1.54) is 60.3 Å². The highest BCUT2D eigenvalue weighted by Gasteiger charge is 2.59. The number of aromatic hydroxyl groups is 2. The van der Waals surface area contributed by atoms with Crippen LogP contribution < -0.4 is 0 Å². The van der Waals surface area contributed by atoms with Gasteiger partial charge in [0.1, 0.15) is 17.3 Å². The van der Waals surface area contributed by atoms with Crippen molar-refractivity contribution in [3.63, 3.8) is 0 Å². The van der Waals surface area contributed by atoms with Crippen molar-refractivity contribution >= 4 is 29.3 Å². The molecule has 0 radical (unpaired) electrons. The lowest BCUT2D eigenvalue weighted by Gasteiger charge is -2.59. The van der Waals surface area contributed by atoms with Crippen molar-refractivity contribution in [2.45, 2.75) is 136 Å². The van der Waals surface area contributed by atoms with E-state index in [0.29, 0.717) is 56.9 Å². The van der Waals surface area contributed by atoms with Crippen LogP contribution in [0.3, 0.4) is 0 Å². The number of aryl methyl sites for hydroxylation is 2. The quantitative estimate of drug-likeness (QED) is 0.313. The summed E-state index contributed by atoms with van der Waals surface area (Å²) in [6, 6.07) is 12.0. The summed E-state index contributed by atoms with van der Waals surface area (Å²) >= 11 is 4.52. The minimum Gasteiger partial charge on any atom is -0.508 e. The molecule has 0 aromatic heterocycles. The Morgan fingerprint density at radius 3 is 1.78 bits per heavy atom. The van der Waals surface area contributed by atoms with Crippen molar-refractivity contribution in [2.75, 3.05) is 11.5 Å². The van der Waals surface area contributed by atoms with Gasteiger partial charge in [0, 0.05) is 23.8 Å². The molecule has 2 N–H and O–H groups in total. The van der Waals surface area contributed by atoms with Gasteiger partial charge in [0.15, 0.2) is 0 Å². The Kier molecular flexibility index (Phi) is 11.0. The zero-order chi connectivity index (χ0) is 35.3. The number of rotatable bonds is 6. The van der Waals surface area contributed by atoms with Crippen LogP contribution in [0.25, 0.3) is 0 Å². The van der Waals surface area contributed by atoms with Gasteiger partial charge in [-0.2, -0.15) is 0 Å². The first kappa shape index (κ1) is 37.2. The molecule has 2 aromatic rings. The van der Waals surface area contributed by atoms with Crippen LogP contribution in [0.5, 0.6) is 11.5 Å². The van der Waals surface area contributed by atoms with E-state index >= 15 is 0 Å². The third-order valence-corrected chi connectivity index (χ3v) is 18.2. The average Bonchev–Trinajstić information content (AvgIpc) is 3.52. The molecular formula is C44H64O3S2. The van der Waals surface area contributed by atoms with Crippen LogP contribution in [0.2, 0.25) is 0 Å². The molecule has 2 saturated carbocycles. The molecule has 2 unspecified atom stereocenters. The van der Waals surface area contributed by atoms with E-state index in [1.54, 1.807) is 11.6 Å². The molecule has 1 aliphatic heterocycles. The van der Waals surface area contributed by atoms with Crippen LogP contribution in [-0.2, 0) is 17.6 Å². The smallest absolute Gasteiger partial charge is 0.136 e. The minimum absolute atomic E-state index is 0.189. The van der Waals surface area contributed by atoms with Crippen LogP contribution >= 0.6 is 23.5 Å². The van der Waals surface area contributed by atoms with Crippen molar-refractivity contribution in [1.82, 2.24) is 0 Å². The van der Waals surface area contributed by atoms with Gasteiger partial charge in [0.2, 0.25) is 0 Å². The van der Waals surface area contributed by atoms with Crippen LogP contribution in [0, 0.1) is 46.3 Å². The molecule has 49 heavy (non-hydrogen) atoms. The fraction of sp³-hybridized carbons (Fsp3) is 0.705. The van der Waals surface area contributed by atoms with E-state index < -0.39 is 0 Å². The number of fused-ring (bicyclic) bond motifs is 6. The second-order valence-electron chi connectivity index (χ2n) is 18.0. The number of Topliss-reactive ketones (excluding diaryl/α,β-unsaturated/α-hetero) is 1. The molecule has 4 aliphatic carbocycles. The summed E-state index contributed by atoms with van der Waals surface area (Å²) in [4.78, 5) is 12.7. The molecule has 3 fully saturated rings. The highest BCUT2D eigenvalue weighted by atomic mass is 32.2. The molecule has 2 aromatic carbocycles. The molecule has 5 aliphatic rings. The third-order valence-electron chi connectivity index (χ3n) is 14.3. The fourth-order valence-corrected chi connectivity index (χ4v) is 14.9. The van der Waals surface area contributed by atoms with Crippen LogP contribution in [-0.4, -0.2) is 31.6 Å². The van der Waals surface area contributed by atoms with Gasteiger partial charge in [0.25, 0.3) is 0 Å². The monoisotopic (exact) mass is 704 g/mol. The van der Waals surface area contributed by atoms with Crippen molar-refractivity contribution < 1.29 is 15.0 Å². The van der Waals surface area contributed by atoms with Gasteiger partial charge in [-0.25, -0.2) is 0 Å². The first-order chi connectivity index (χ1) is 23.2. The molecular weight excluding hydrogens is 641 g/mol. The number of carbonyl (C=O) groups is 1. The molecule has 270 valence electrons. The SMILES string of the molecule is CC(C)CC[C@H]1C(C)C(=O)C[C@@H]2c3ccc(O)cc3CC[C@]21C.CC(C)CC[C@H]1C(C)C2(C[C@@H]3c4ccc(O)cc4CC[C@]31C)SCCS2. The average molecular weight is 705 g/mol. The molecule has 0 bridgehead atoms. The normalized spacial score (nSPS) is 34.5. The number of phenols is 2. The fourth-order valence-electron chi connectivity index (χ4n) is 11.3. The van der Waals surface area contributed by atoms with Gasteiger partial charge in [-0.3, -0.25) is 4.79 Å². The van der Waals surface area contributed by atoms with Crippen molar-refractivity contribution in [3.8, 4) is 11.5 Å². The Morgan fingerprint density at radius 2 is 1.24 bits per heavy atom. The molecule has 1 spiro atoms. The van der Waals surface area contributed by atoms with E-state index in [2.05, 4.69) is 91.0 Å². The van der Waals surface area contributed by atoms with Gasteiger partial charge >= 0.3 is 0 Å². The highest BCUT2D eigenvalue weighted by Crippen LogP contribution is 2.69. The van der Waals surface area contributed by atoms with Gasteiger partial charge < -0.3 is 10.2 Å².